The Balaban J connectivity index is 1.61. The molecule has 202 valence electrons. The lowest BCUT2D eigenvalue weighted by atomic mass is 9.85. The van der Waals surface area contributed by atoms with Crippen LogP contribution in [0.2, 0.25) is 0 Å². The van der Waals surface area contributed by atoms with Crippen molar-refractivity contribution in [2.75, 3.05) is 50.4 Å². The number of benzene rings is 1. The van der Waals surface area contributed by atoms with Crippen molar-refractivity contribution in [1.82, 2.24) is 9.88 Å². The first kappa shape index (κ1) is 28.5. The molecule has 2 atom stereocenters. The van der Waals surface area contributed by atoms with Crippen LogP contribution in [-0.4, -0.2) is 69.0 Å². The molecular weight excluding hydrogens is 617 g/mol. The highest BCUT2D eigenvalue weighted by Gasteiger charge is 2.38. The van der Waals surface area contributed by atoms with Gasteiger partial charge in [0.15, 0.2) is 6.29 Å². The number of aromatic nitrogens is 1. The molecule has 12 heteroatoms. The number of rotatable bonds is 9. The number of hydrogen-bond acceptors (Lipinski definition) is 7. The Hall–Kier alpha value is -1.53. The zero-order valence-electron chi connectivity index (χ0n) is 20.8. The summed E-state index contributed by atoms with van der Waals surface area (Å²) in [5.74, 6) is 1.13. The molecule has 1 saturated heterocycles. The molecule has 3 heterocycles. The largest absolute Gasteiger partial charge is 0.401 e. The van der Waals surface area contributed by atoms with Crippen LogP contribution >= 0.6 is 28.4 Å². The van der Waals surface area contributed by atoms with Gasteiger partial charge in [0.25, 0.3) is 0 Å². The normalized spacial score (nSPS) is 19.5. The highest BCUT2D eigenvalue weighted by Crippen LogP contribution is 2.41. The first-order valence-electron chi connectivity index (χ1n) is 12.1. The third kappa shape index (κ3) is 6.55. The maximum atomic E-state index is 13.5. The Kier molecular flexibility index (Phi) is 9.66. The third-order valence-electron chi connectivity index (χ3n) is 7.21. The lowest BCUT2D eigenvalue weighted by Crippen LogP contribution is -2.42. The van der Waals surface area contributed by atoms with Gasteiger partial charge in [-0.1, -0.05) is 12.1 Å². The van der Waals surface area contributed by atoms with Gasteiger partial charge in [0.2, 0.25) is 0 Å². The Morgan fingerprint density at radius 1 is 1.19 bits per heavy atom. The van der Waals surface area contributed by atoms with Crippen LogP contribution in [0.3, 0.4) is 0 Å². The number of fused-ring (bicyclic) bond motifs is 1. The molecule has 0 spiro atoms. The summed E-state index contributed by atoms with van der Waals surface area (Å²) in [4.78, 5) is 8.35. The summed E-state index contributed by atoms with van der Waals surface area (Å²) in [6, 6.07) is 6.98. The van der Waals surface area contributed by atoms with Gasteiger partial charge in [0.1, 0.15) is 5.82 Å². The number of alkyl halides is 3. The van der Waals surface area contributed by atoms with E-state index < -0.39 is 18.8 Å². The summed E-state index contributed by atoms with van der Waals surface area (Å²) in [6.45, 7) is 0.871. The second kappa shape index (κ2) is 12.5. The summed E-state index contributed by atoms with van der Waals surface area (Å²) in [5, 5.41) is 11.3. The van der Waals surface area contributed by atoms with Crippen molar-refractivity contribution >= 4 is 46.1 Å². The van der Waals surface area contributed by atoms with Crippen LogP contribution in [0.4, 0.5) is 24.7 Å². The zero-order valence-corrected chi connectivity index (χ0v) is 24.0. The van der Waals surface area contributed by atoms with Crippen molar-refractivity contribution in [2.24, 2.45) is 5.92 Å². The molecule has 1 aromatic heterocycles. The van der Waals surface area contributed by atoms with Gasteiger partial charge in [-0.2, -0.15) is 13.2 Å². The van der Waals surface area contributed by atoms with Crippen LogP contribution < -0.4 is 9.99 Å². The Morgan fingerprint density at radius 3 is 2.49 bits per heavy atom. The SMILES string of the molecule is COC(OC)C1CCN(c2ccc(C3c4ccc(NPI)c(C=N)c4CCN3CC(F)(F)F)cn2)CC1. The van der Waals surface area contributed by atoms with E-state index in [9.17, 15) is 13.2 Å². The number of ether oxygens (including phenoxy) is 2. The van der Waals surface area contributed by atoms with Crippen LogP contribution in [0.15, 0.2) is 30.5 Å². The zero-order chi connectivity index (χ0) is 26.6. The summed E-state index contributed by atoms with van der Waals surface area (Å²) in [6.07, 6.45) is 1.18. The second-order valence-corrected chi connectivity index (χ2v) is 11.4. The van der Waals surface area contributed by atoms with Gasteiger partial charge in [0.05, 0.1) is 12.6 Å². The van der Waals surface area contributed by atoms with E-state index in [2.05, 4.69) is 37.0 Å². The van der Waals surface area contributed by atoms with E-state index in [4.69, 9.17) is 14.9 Å². The molecule has 0 saturated carbocycles. The lowest BCUT2D eigenvalue weighted by molar-refractivity contribution is -0.150. The van der Waals surface area contributed by atoms with Crippen LogP contribution in [0.5, 0.6) is 0 Å². The number of piperidine rings is 1. The van der Waals surface area contributed by atoms with Crippen molar-refractivity contribution in [3.8, 4) is 0 Å². The summed E-state index contributed by atoms with van der Waals surface area (Å²) in [7, 11) is 3.30. The fourth-order valence-corrected chi connectivity index (χ4v) is 6.73. The van der Waals surface area contributed by atoms with Crippen molar-refractivity contribution in [2.45, 2.75) is 37.8 Å². The highest BCUT2D eigenvalue weighted by atomic mass is 127. The molecule has 0 amide bonds. The smallest absolute Gasteiger partial charge is 0.358 e. The van der Waals surface area contributed by atoms with Gasteiger partial charge in [-0.3, -0.25) is 4.90 Å². The number of anilines is 2. The molecule has 2 aromatic rings. The number of pyridine rings is 1. The minimum absolute atomic E-state index is 0.220. The van der Waals surface area contributed by atoms with Crippen molar-refractivity contribution in [3.63, 3.8) is 0 Å². The first-order valence-corrected chi connectivity index (χ1v) is 16.3. The van der Waals surface area contributed by atoms with E-state index in [0.29, 0.717) is 18.7 Å². The number of halogens is 4. The fourth-order valence-electron chi connectivity index (χ4n) is 5.54. The van der Waals surface area contributed by atoms with Crippen LogP contribution in [0, 0.1) is 11.3 Å². The van der Waals surface area contributed by atoms with Gasteiger partial charge >= 0.3 is 6.18 Å². The predicted molar refractivity (Wildman–Crippen MR) is 150 cm³/mol. The fraction of sp³-hybridized carbons (Fsp3) is 0.520. The van der Waals surface area contributed by atoms with Gasteiger partial charge in [0, 0.05) is 69.8 Å². The number of hydrogen-bond donors (Lipinski definition) is 2. The number of nitrogens with one attached hydrogen (secondary N) is 2. The molecule has 2 aliphatic heterocycles. The Labute approximate surface area is 230 Å². The Bertz CT molecular complexity index is 1060. The molecular formula is C25H32F3IN5O2P. The number of methoxy groups -OCH3 is 2. The standard InChI is InChI=1S/C25H32F3IN5O2P/c1-35-24(36-2)16-7-10-33(11-8-16)22-6-3-17(14-31-22)23-19-4-5-21(32-37-29)20(13-30)18(19)9-12-34(23)15-25(26,27)28/h3-6,13-14,16,23-24,30,32,37H,7-12,15H2,1-2H3. The third-order valence-corrected chi connectivity index (χ3v) is 8.38. The van der Waals surface area contributed by atoms with E-state index in [0.717, 1.165) is 59.7 Å². The minimum Gasteiger partial charge on any atom is -0.358 e. The molecule has 1 fully saturated rings. The van der Waals surface area contributed by atoms with E-state index in [1.165, 1.54) is 11.1 Å². The molecule has 2 aliphatic rings. The maximum absolute atomic E-state index is 13.5. The molecule has 0 bridgehead atoms. The quantitative estimate of drug-likeness (QED) is 0.155. The van der Waals surface area contributed by atoms with E-state index >= 15 is 0 Å². The molecule has 4 rings (SSSR count). The van der Waals surface area contributed by atoms with Gasteiger partial charge in [-0.15, -0.1) is 0 Å². The molecule has 2 N–H and O–H groups in total. The van der Waals surface area contributed by atoms with Gasteiger partial charge < -0.3 is 24.9 Å². The Morgan fingerprint density at radius 2 is 1.92 bits per heavy atom. The maximum Gasteiger partial charge on any atom is 0.401 e. The predicted octanol–water partition coefficient (Wildman–Crippen LogP) is 5.78. The summed E-state index contributed by atoms with van der Waals surface area (Å²) in [5.41, 5.74) is 4.03. The van der Waals surface area contributed by atoms with Crippen molar-refractivity contribution in [1.29, 1.82) is 5.41 Å². The van der Waals surface area contributed by atoms with Crippen molar-refractivity contribution in [3.05, 3.63) is 52.7 Å². The molecule has 2 unspecified atom stereocenters. The van der Waals surface area contributed by atoms with Crippen LogP contribution in [-0.2, 0) is 15.9 Å². The molecule has 7 nitrogen and oxygen atoms in total. The van der Waals surface area contributed by atoms with Gasteiger partial charge in [-0.05, 0) is 70.1 Å². The van der Waals surface area contributed by atoms with Crippen molar-refractivity contribution < 1.29 is 22.6 Å². The molecule has 37 heavy (non-hydrogen) atoms. The average molecular weight is 649 g/mol. The molecule has 1 aromatic carbocycles. The molecule has 0 aliphatic carbocycles. The lowest BCUT2D eigenvalue weighted by Gasteiger charge is -2.39. The topological polar surface area (TPSA) is 73.7 Å². The number of nitrogens with zero attached hydrogens (tertiary/aromatic N) is 3. The highest BCUT2D eigenvalue weighted by molar-refractivity contribution is 14.2. The second-order valence-electron chi connectivity index (χ2n) is 9.31. The average Bonchev–Trinajstić information content (AvgIpc) is 2.89. The van der Waals surface area contributed by atoms with E-state index in [1.54, 1.807) is 20.4 Å². The monoisotopic (exact) mass is 649 g/mol. The first-order chi connectivity index (χ1) is 17.8. The van der Waals surface area contributed by atoms with Crippen LogP contribution in [0.25, 0.3) is 0 Å². The van der Waals surface area contributed by atoms with Crippen LogP contribution in [0.1, 0.15) is 41.1 Å². The summed E-state index contributed by atoms with van der Waals surface area (Å²) >= 11 is 2.22. The molecule has 0 radical (unpaired) electrons. The minimum atomic E-state index is -4.32. The van der Waals surface area contributed by atoms with E-state index in [1.807, 2.05) is 24.3 Å². The summed E-state index contributed by atoms with van der Waals surface area (Å²) < 4.78 is 51.4. The van der Waals surface area contributed by atoms with E-state index in [-0.39, 0.29) is 12.8 Å². The van der Waals surface area contributed by atoms with Gasteiger partial charge in [-0.25, -0.2) is 4.98 Å².